The van der Waals surface area contributed by atoms with E-state index < -0.39 is 0 Å². The number of H-pyrrole nitrogens is 1. The van der Waals surface area contributed by atoms with Gasteiger partial charge < -0.3 is 4.98 Å². The van der Waals surface area contributed by atoms with Crippen LogP contribution < -0.4 is 0 Å². The normalized spacial score (nSPS) is 11.2. The van der Waals surface area contributed by atoms with Crippen molar-refractivity contribution < 1.29 is 0 Å². The highest BCUT2D eigenvalue weighted by molar-refractivity contribution is 6.09. The molecule has 25 heavy (non-hydrogen) atoms. The summed E-state index contributed by atoms with van der Waals surface area (Å²) in [6.07, 6.45) is 3.65. The molecule has 0 atom stereocenters. The van der Waals surface area contributed by atoms with Crippen LogP contribution in [-0.2, 0) is 0 Å². The molecule has 0 aliphatic rings. The van der Waals surface area contributed by atoms with Crippen LogP contribution in [0, 0.1) is 0 Å². The SMILES string of the molecule is c1ccc(-c2[nH]c(-c3ccccn3)c3cc4ccccc4cc23)nc1. The molecule has 0 spiro atoms. The van der Waals surface area contributed by atoms with Crippen LogP contribution in [0.2, 0.25) is 0 Å². The average Bonchev–Trinajstić information content (AvgIpc) is 3.06. The number of nitrogens with zero attached hydrogens (tertiary/aromatic N) is 2. The molecular formula is C22H15N3. The van der Waals surface area contributed by atoms with Crippen molar-refractivity contribution in [3.8, 4) is 22.8 Å². The van der Waals surface area contributed by atoms with E-state index in [9.17, 15) is 0 Å². The molecular weight excluding hydrogens is 306 g/mol. The van der Waals surface area contributed by atoms with Crippen molar-refractivity contribution in [1.82, 2.24) is 15.0 Å². The van der Waals surface area contributed by atoms with Gasteiger partial charge in [-0.3, -0.25) is 9.97 Å². The number of fused-ring (bicyclic) bond motifs is 2. The van der Waals surface area contributed by atoms with E-state index in [2.05, 4.69) is 51.4 Å². The minimum atomic E-state index is 0.935. The van der Waals surface area contributed by atoms with Gasteiger partial charge in [0.2, 0.25) is 0 Å². The van der Waals surface area contributed by atoms with Gasteiger partial charge in [-0.25, -0.2) is 0 Å². The largest absolute Gasteiger partial charge is 0.351 e. The van der Waals surface area contributed by atoms with Gasteiger partial charge in [-0.15, -0.1) is 0 Å². The smallest absolute Gasteiger partial charge is 0.0870 e. The molecule has 3 aromatic heterocycles. The first-order chi connectivity index (χ1) is 12.4. The van der Waals surface area contributed by atoms with Crippen LogP contribution in [0.3, 0.4) is 0 Å². The zero-order chi connectivity index (χ0) is 16.6. The van der Waals surface area contributed by atoms with Gasteiger partial charge in [0.05, 0.1) is 22.8 Å². The molecule has 0 saturated carbocycles. The van der Waals surface area contributed by atoms with Gasteiger partial charge in [0.1, 0.15) is 0 Å². The van der Waals surface area contributed by atoms with E-state index in [0.717, 1.165) is 33.5 Å². The fraction of sp³-hybridized carbons (Fsp3) is 0. The Labute approximate surface area is 145 Å². The highest BCUT2D eigenvalue weighted by atomic mass is 14.8. The van der Waals surface area contributed by atoms with Crippen molar-refractivity contribution in [1.29, 1.82) is 0 Å². The lowest BCUT2D eigenvalue weighted by Crippen LogP contribution is -1.84. The van der Waals surface area contributed by atoms with E-state index in [0.29, 0.717) is 0 Å². The van der Waals surface area contributed by atoms with E-state index in [4.69, 9.17) is 0 Å². The Bertz CT molecular complexity index is 1080. The number of benzene rings is 2. The van der Waals surface area contributed by atoms with Crippen LogP contribution in [0.4, 0.5) is 0 Å². The molecule has 5 rings (SSSR count). The van der Waals surface area contributed by atoms with Gasteiger partial charge in [-0.05, 0) is 47.2 Å². The lowest BCUT2D eigenvalue weighted by Gasteiger charge is -2.02. The first-order valence-electron chi connectivity index (χ1n) is 8.27. The second-order valence-corrected chi connectivity index (χ2v) is 6.05. The molecule has 0 fully saturated rings. The van der Waals surface area contributed by atoms with Crippen molar-refractivity contribution in [3.05, 3.63) is 85.2 Å². The molecule has 3 nitrogen and oxygen atoms in total. The number of pyridine rings is 2. The van der Waals surface area contributed by atoms with E-state index >= 15 is 0 Å². The van der Waals surface area contributed by atoms with Gasteiger partial charge in [0.25, 0.3) is 0 Å². The number of nitrogens with one attached hydrogen (secondary N) is 1. The molecule has 0 saturated heterocycles. The average molecular weight is 321 g/mol. The molecule has 0 bridgehead atoms. The van der Waals surface area contributed by atoms with Crippen LogP contribution in [0.5, 0.6) is 0 Å². The predicted molar refractivity (Wildman–Crippen MR) is 102 cm³/mol. The number of aromatic amines is 1. The van der Waals surface area contributed by atoms with Gasteiger partial charge in [-0.2, -0.15) is 0 Å². The third kappa shape index (κ3) is 2.29. The molecule has 0 aliphatic heterocycles. The second-order valence-electron chi connectivity index (χ2n) is 6.05. The summed E-state index contributed by atoms with van der Waals surface area (Å²) < 4.78 is 0. The van der Waals surface area contributed by atoms with Crippen molar-refractivity contribution in [2.75, 3.05) is 0 Å². The molecule has 0 aliphatic carbocycles. The maximum Gasteiger partial charge on any atom is 0.0870 e. The highest BCUT2D eigenvalue weighted by Gasteiger charge is 2.15. The van der Waals surface area contributed by atoms with E-state index in [1.54, 1.807) is 0 Å². The van der Waals surface area contributed by atoms with Crippen LogP contribution in [0.1, 0.15) is 0 Å². The van der Waals surface area contributed by atoms with Crippen molar-refractivity contribution >= 4 is 21.5 Å². The van der Waals surface area contributed by atoms with Crippen molar-refractivity contribution in [2.45, 2.75) is 0 Å². The molecule has 118 valence electrons. The minimum Gasteiger partial charge on any atom is -0.351 e. The fourth-order valence-electron chi connectivity index (χ4n) is 3.34. The number of aromatic nitrogens is 3. The Morgan fingerprint density at radius 2 is 1.04 bits per heavy atom. The number of hydrogen-bond donors (Lipinski definition) is 1. The zero-order valence-electron chi connectivity index (χ0n) is 13.5. The zero-order valence-corrected chi connectivity index (χ0v) is 13.5. The van der Waals surface area contributed by atoms with Crippen LogP contribution >= 0.6 is 0 Å². The van der Waals surface area contributed by atoms with Crippen molar-refractivity contribution in [3.63, 3.8) is 0 Å². The second kappa shape index (κ2) is 5.56. The Morgan fingerprint density at radius 3 is 1.48 bits per heavy atom. The molecule has 0 radical (unpaired) electrons. The molecule has 5 aromatic rings. The Kier molecular flexibility index (Phi) is 3.10. The molecule has 3 heterocycles. The highest BCUT2D eigenvalue weighted by Crippen LogP contribution is 2.36. The summed E-state index contributed by atoms with van der Waals surface area (Å²) in [5.74, 6) is 0. The Balaban J connectivity index is 1.89. The maximum atomic E-state index is 4.53. The van der Waals surface area contributed by atoms with Crippen LogP contribution in [0.15, 0.2) is 85.2 Å². The molecule has 3 heteroatoms. The third-order valence-electron chi connectivity index (χ3n) is 4.52. The minimum absolute atomic E-state index is 0.935. The van der Waals surface area contributed by atoms with E-state index in [1.165, 1.54) is 10.8 Å². The van der Waals surface area contributed by atoms with E-state index in [-0.39, 0.29) is 0 Å². The third-order valence-corrected chi connectivity index (χ3v) is 4.52. The first-order valence-corrected chi connectivity index (χ1v) is 8.27. The summed E-state index contributed by atoms with van der Waals surface area (Å²) in [6, 6.07) is 24.8. The standard InChI is InChI=1S/C22H15N3/c1-2-8-16-14-18-17(13-15(16)7-1)21(19-9-3-5-11-23-19)25-22(18)20-10-4-6-12-24-20/h1-14,25H. The molecule has 2 aromatic carbocycles. The summed E-state index contributed by atoms with van der Waals surface area (Å²) in [7, 11) is 0. The lowest BCUT2D eigenvalue weighted by molar-refractivity contribution is 1.26. The fourth-order valence-corrected chi connectivity index (χ4v) is 3.34. The van der Waals surface area contributed by atoms with Crippen molar-refractivity contribution in [2.24, 2.45) is 0 Å². The Hall–Kier alpha value is -3.46. The lowest BCUT2D eigenvalue weighted by atomic mass is 10.0. The van der Waals surface area contributed by atoms with Gasteiger partial charge in [0.15, 0.2) is 0 Å². The molecule has 0 amide bonds. The summed E-state index contributed by atoms with van der Waals surface area (Å²) >= 11 is 0. The number of hydrogen-bond acceptors (Lipinski definition) is 2. The van der Waals surface area contributed by atoms with Gasteiger partial charge in [0, 0.05) is 23.2 Å². The quantitative estimate of drug-likeness (QED) is 0.470. The summed E-state index contributed by atoms with van der Waals surface area (Å²) in [6.45, 7) is 0. The van der Waals surface area contributed by atoms with Crippen LogP contribution in [0.25, 0.3) is 44.3 Å². The maximum absolute atomic E-state index is 4.53. The first kappa shape index (κ1) is 13.9. The summed E-state index contributed by atoms with van der Waals surface area (Å²) in [5.41, 5.74) is 3.93. The van der Waals surface area contributed by atoms with Crippen LogP contribution in [-0.4, -0.2) is 15.0 Å². The molecule has 1 N–H and O–H groups in total. The predicted octanol–water partition coefficient (Wildman–Crippen LogP) is 5.45. The van der Waals surface area contributed by atoms with Gasteiger partial charge >= 0.3 is 0 Å². The number of rotatable bonds is 2. The monoisotopic (exact) mass is 321 g/mol. The Morgan fingerprint density at radius 1 is 0.560 bits per heavy atom. The summed E-state index contributed by atoms with van der Waals surface area (Å²) in [5, 5.41) is 4.77. The van der Waals surface area contributed by atoms with E-state index in [1.807, 2.05) is 48.8 Å². The summed E-state index contributed by atoms with van der Waals surface area (Å²) in [4.78, 5) is 12.6. The van der Waals surface area contributed by atoms with Gasteiger partial charge in [-0.1, -0.05) is 36.4 Å². The molecule has 0 unspecified atom stereocenters. The topological polar surface area (TPSA) is 41.6 Å².